The number of hydrogen-bond donors (Lipinski definition) is 1. The van der Waals surface area contributed by atoms with Gasteiger partial charge >= 0.3 is 0 Å². The summed E-state index contributed by atoms with van der Waals surface area (Å²) >= 11 is 3.61. The second-order valence-electron chi connectivity index (χ2n) is 4.00. The highest BCUT2D eigenvalue weighted by molar-refractivity contribution is 9.10. The summed E-state index contributed by atoms with van der Waals surface area (Å²) in [6.45, 7) is 2.94. The number of hydrogen-bond acceptors (Lipinski definition) is 2. The first-order valence-electron chi connectivity index (χ1n) is 5.61. The molecule has 2 nitrogen and oxygen atoms in total. The van der Waals surface area contributed by atoms with Crippen molar-refractivity contribution < 1.29 is 4.74 Å². The lowest BCUT2D eigenvalue weighted by Gasteiger charge is -2.18. The molecule has 1 aromatic rings. The Balaban J connectivity index is 2.73. The summed E-state index contributed by atoms with van der Waals surface area (Å²) in [6.07, 6.45) is 2.16. The van der Waals surface area contributed by atoms with E-state index < -0.39 is 0 Å². The quantitative estimate of drug-likeness (QED) is 0.809. The highest BCUT2D eigenvalue weighted by atomic mass is 79.9. The van der Waals surface area contributed by atoms with Gasteiger partial charge in [-0.05, 0) is 38.4 Å². The summed E-state index contributed by atoms with van der Waals surface area (Å²) in [5, 5.41) is 3.36. The Labute approximate surface area is 107 Å². The maximum atomic E-state index is 5.09. The molecule has 0 saturated carbocycles. The van der Waals surface area contributed by atoms with Crippen LogP contribution in [0.25, 0.3) is 0 Å². The van der Waals surface area contributed by atoms with Crippen molar-refractivity contribution in [3.05, 3.63) is 33.8 Å². The molecule has 1 aromatic carbocycles. The van der Waals surface area contributed by atoms with Crippen molar-refractivity contribution in [2.24, 2.45) is 0 Å². The van der Waals surface area contributed by atoms with Gasteiger partial charge in [0.2, 0.25) is 0 Å². The van der Waals surface area contributed by atoms with Crippen molar-refractivity contribution >= 4 is 15.9 Å². The summed E-state index contributed by atoms with van der Waals surface area (Å²) in [6, 6.07) is 6.86. The van der Waals surface area contributed by atoms with Crippen LogP contribution in [0.3, 0.4) is 0 Å². The third-order valence-corrected chi connectivity index (χ3v) is 3.44. The Bertz CT molecular complexity index is 328. The molecule has 0 aliphatic rings. The molecule has 0 saturated heterocycles. The van der Waals surface area contributed by atoms with Gasteiger partial charge in [0.05, 0.1) is 0 Å². The molecule has 0 aliphatic heterocycles. The summed E-state index contributed by atoms with van der Waals surface area (Å²) in [5.41, 5.74) is 2.63. The minimum Gasteiger partial charge on any atom is -0.385 e. The summed E-state index contributed by atoms with van der Waals surface area (Å²) in [5.74, 6) is 0. The van der Waals surface area contributed by atoms with Crippen LogP contribution in [0.2, 0.25) is 0 Å². The zero-order valence-corrected chi connectivity index (χ0v) is 11.8. The Hall–Kier alpha value is -0.380. The molecule has 0 radical (unpaired) electrons. The Morgan fingerprint density at radius 3 is 2.81 bits per heavy atom. The summed E-state index contributed by atoms with van der Waals surface area (Å²) in [4.78, 5) is 0. The summed E-state index contributed by atoms with van der Waals surface area (Å²) < 4.78 is 6.26. The number of benzene rings is 1. The van der Waals surface area contributed by atoms with E-state index in [9.17, 15) is 0 Å². The predicted molar refractivity (Wildman–Crippen MR) is 71.8 cm³/mol. The second-order valence-corrected chi connectivity index (χ2v) is 4.86. The molecule has 0 bridgehead atoms. The minimum absolute atomic E-state index is 0.393. The number of halogens is 1. The molecule has 0 heterocycles. The van der Waals surface area contributed by atoms with Crippen LogP contribution in [0, 0.1) is 6.92 Å². The predicted octanol–water partition coefficient (Wildman–Crippen LogP) is 3.44. The van der Waals surface area contributed by atoms with Crippen LogP contribution >= 0.6 is 15.9 Å². The topological polar surface area (TPSA) is 21.3 Å². The second kappa shape index (κ2) is 7.05. The number of ether oxygens (including phenoxy) is 1. The van der Waals surface area contributed by atoms with E-state index in [1.807, 2.05) is 7.05 Å². The molecule has 16 heavy (non-hydrogen) atoms. The lowest BCUT2D eigenvalue weighted by molar-refractivity contribution is 0.189. The van der Waals surface area contributed by atoms with Crippen LogP contribution in [-0.4, -0.2) is 20.8 Å². The molecule has 0 spiro atoms. The van der Waals surface area contributed by atoms with Crippen molar-refractivity contribution in [1.82, 2.24) is 5.32 Å². The average molecular weight is 286 g/mol. The van der Waals surface area contributed by atoms with Crippen LogP contribution in [0.1, 0.15) is 30.0 Å². The van der Waals surface area contributed by atoms with Gasteiger partial charge in [0.15, 0.2) is 0 Å². The zero-order chi connectivity index (χ0) is 12.0. The molecule has 1 rings (SSSR count). The van der Waals surface area contributed by atoms with Gasteiger partial charge in [-0.2, -0.15) is 0 Å². The van der Waals surface area contributed by atoms with E-state index in [2.05, 4.69) is 46.4 Å². The van der Waals surface area contributed by atoms with Gasteiger partial charge in [0, 0.05) is 24.2 Å². The van der Waals surface area contributed by atoms with Crippen LogP contribution in [0.15, 0.2) is 22.7 Å². The lowest BCUT2D eigenvalue weighted by Crippen LogP contribution is -2.17. The van der Waals surface area contributed by atoms with Crippen LogP contribution in [0.4, 0.5) is 0 Å². The molecular weight excluding hydrogens is 266 g/mol. The lowest BCUT2D eigenvalue weighted by atomic mass is 10.0. The van der Waals surface area contributed by atoms with Crippen molar-refractivity contribution in [2.45, 2.75) is 25.8 Å². The zero-order valence-electron chi connectivity index (χ0n) is 10.2. The van der Waals surface area contributed by atoms with E-state index in [0.717, 1.165) is 19.4 Å². The van der Waals surface area contributed by atoms with Crippen molar-refractivity contribution in [3.8, 4) is 0 Å². The van der Waals surface area contributed by atoms with E-state index in [4.69, 9.17) is 4.74 Å². The fourth-order valence-electron chi connectivity index (χ4n) is 1.82. The Kier molecular flexibility index (Phi) is 6.03. The standard InChI is InChI=1S/C13H20BrNO/c1-10-6-7-12(14)11(9-10)13(15-2)5-4-8-16-3/h6-7,9,13,15H,4-5,8H2,1-3H3. The maximum Gasteiger partial charge on any atom is 0.0462 e. The number of rotatable bonds is 6. The largest absolute Gasteiger partial charge is 0.385 e. The maximum absolute atomic E-state index is 5.09. The third-order valence-electron chi connectivity index (χ3n) is 2.72. The van der Waals surface area contributed by atoms with Gasteiger partial charge in [0.1, 0.15) is 0 Å². The van der Waals surface area contributed by atoms with Gasteiger partial charge < -0.3 is 10.1 Å². The number of methoxy groups -OCH3 is 1. The van der Waals surface area contributed by atoms with E-state index in [1.165, 1.54) is 15.6 Å². The fraction of sp³-hybridized carbons (Fsp3) is 0.538. The average Bonchev–Trinajstić information content (AvgIpc) is 2.28. The normalized spacial score (nSPS) is 12.8. The number of nitrogens with one attached hydrogen (secondary N) is 1. The van der Waals surface area contributed by atoms with Gasteiger partial charge in [-0.25, -0.2) is 0 Å². The minimum atomic E-state index is 0.393. The molecule has 0 aromatic heterocycles. The molecule has 1 N–H and O–H groups in total. The van der Waals surface area contributed by atoms with E-state index in [0.29, 0.717) is 6.04 Å². The monoisotopic (exact) mass is 285 g/mol. The van der Waals surface area contributed by atoms with Gasteiger partial charge in [-0.15, -0.1) is 0 Å². The SMILES string of the molecule is CNC(CCCOC)c1cc(C)ccc1Br. The molecule has 0 aliphatic carbocycles. The van der Waals surface area contributed by atoms with Crippen molar-refractivity contribution in [2.75, 3.05) is 20.8 Å². The van der Waals surface area contributed by atoms with Gasteiger partial charge in [-0.1, -0.05) is 33.6 Å². The first kappa shape index (κ1) is 13.7. The van der Waals surface area contributed by atoms with Crippen LogP contribution in [-0.2, 0) is 4.74 Å². The Morgan fingerprint density at radius 2 is 2.19 bits per heavy atom. The molecule has 1 unspecified atom stereocenters. The van der Waals surface area contributed by atoms with Crippen molar-refractivity contribution in [1.29, 1.82) is 0 Å². The van der Waals surface area contributed by atoms with E-state index in [-0.39, 0.29) is 0 Å². The fourth-order valence-corrected chi connectivity index (χ4v) is 2.34. The molecule has 90 valence electrons. The molecule has 0 fully saturated rings. The molecule has 3 heteroatoms. The van der Waals surface area contributed by atoms with Gasteiger partial charge in [0.25, 0.3) is 0 Å². The molecule has 0 amide bonds. The smallest absolute Gasteiger partial charge is 0.0462 e. The van der Waals surface area contributed by atoms with Crippen LogP contribution in [0.5, 0.6) is 0 Å². The van der Waals surface area contributed by atoms with Gasteiger partial charge in [-0.3, -0.25) is 0 Å². The number of aryl methyl sites for hydroxylation is 1. The Morgan fingerprint density at radius 1 is 1.44 bits per heavy atom. The van der Waals surface area contributed by atoms with Crippen LogP contribution < -0.4 is 5.32 Å². The third kappa shape index (κ3) is 3.89. The first-order chi connectivity index (χ1) is 7.69. The van der Waals surface area contributed by atoms with E-state index in [1.54, 1.807) is 7.11 Å². The summed E-state index contributed by atoms with van der Waals surface area (Å²) in [7, 11) is 3.75. The molecule has 1 atom stereocenters. The first-order valence-corrected chi connectivity index (χ1v) is 6.40. The highest BCUT2D eigenvalue weighted by Gasteiger charge is 2.12. The molecular formula is C13H20BrNO. The van der Waals surface area contributed by atoms with E-state index >= 15 is 0 Å². The van der Waals surface area contributed by atoms with Crippen molar-refractivity contribution in [3.63, 3.8) is 0 Å². The highest BCUT2D eigenvalue weighted by Crippen LogP contribution is 2.27.